The molecule has 2 aromatic carbocycles. The summed E-state index contributed by atoms with van der Waals surface area (Å²) in [4.78, 5) is 0. The summed E-state index contributed by atoms with van der Waals surface area (Å²) < 4.78 is 32.7. The molecule has 0 aromatic heterocycles. The number of hydrogen-bond donors (Lipinski definition) is 1. The van der Waals surface area contributed by atoms with Crippen LogP contribution in [0.3, 0.4) is 0 Å². The molecule has 0 spiro atoms. The molecular weight excluding hydrogens is 316 g/mol. The standard InChI is InChI=1S/C14H12BrF2NO/c1-19-12-6-5-8(7-10(12)15)14(18)9-3-2-4-11(16)13(9)17/h2-7,14H,18H2,1H3. The second-order valence-electron chi connectivity index (χ2n) is 4.01. The number of methoxy groups -OCH3 is 1. The van der Waals surface area contributed by atoms with Gasteiger partial charge in [0.15, 0.2) is 11.6 Å². The molecule has 0 heterocycles. The van der Waals surface area contributed by atoms with Crippen molar-refractivity contribution in [1.29, 1.82) is 0 Å². The molecule has 2 N–H and O–H groups in total. The summed E-state index contributed by atoms with van der Waals surface area (Å²) in [6.07, 6.45) is 0. The molecule has 19 heavy (non-hydrogen) atoms. The van der Waals surface area contributed by atoms with Crippen LogP contribution < -0.4 is 10.5 Å². The van der Waals surface area contributed by atoms with Crippen LogP contribution in [0.1, 0.15) is 17.2 Å². The molecule has 2 rings (SSSR count). The summed E-state index contributed by atoms with van der Waals surface area (Å²) in [6.45, 7) is 0. The summed E-state index contributed by atoms with van der Waals surface area (Å²) >= 11 is 3.33. The fourth-order valence-corrected chi connectivity index (χ4v) is 2.37. The maximum absolute atomic E-state index is 13.7. The van der Waals surface area contributed by atoms with Gasteiger partial charge in [-0.15, -0.1) is 0 Å². The second kappa shape index (κ2) is 5.67. The largest absolute Gasteiger partial charge is 0.496 e. The van der Waals surface area contributed by atoms with Gasteiger partial charge in [0.05, 0.1) is 17.6 Å². The molecule has 0 aliphatic heterocycles. The summed E-state index contributed by atoms with van der Waals surface area (Å²) in [5.41, 5.74) is 6.76. The van der Waals surface area contributed by atoms with Crippen LogP contribution in [-0.2, 0) is 0 Å². The van der Waals surface area contributed by atoms with Crippen LogP contribution in [-0.4, -0.2) is 7.11 Å². The Hall–Kier alpha value is -1.46. The van der Waals surface area contributed by atoms with Gasteiger partial charge in [0, 0.05) is 5.56 Å². The molecule has 1 atom stereocenters. The Morgan fingerprint density at radius 2 is 1.95 bits per heavy atom. The maximum Gasteiger partial charge on any atom is 0.163 e. The van der Waals surface area contributed by atoms with Gasteiger partial charge in [-0.05, 0) is 39.7 Å². The topological polar surface area (TPSA) is 35.2 Å². The van der Waals surface area contributed by atoms with Gasteiger partial charge >= 0.3 is 0 Å². The van der Waals surface area contributed by atoms with Crippen molar-refractivity contribution in [1.82, 2.24) is 0 Å². The van der Waals surface area contributed by atoms with Gasteiger partial charge in [0.2, 0.25) is 0 Å². The van der Waals surface area contributed by atoms with E-state index >= 15 is 0 Å². The van der Waals surface area contributed by atoms with Gasteiger partial charge in [0.25, 0.3) is 0 Å². The first-order valence-electron chi connectivity index (χ1n) is 5.57. The number of nitrogens with two attached hydrogens (primary N) is 1. The Morgan fingerprint density at radius 3 is 2.58 bits per heavy atom. The average Bonchev–Trinajstić information content (AvgIpc) is 2.41. The number of ether oxygens (including phenoxy) is 1. The highest BCUT2D eigenvalue weighted by molar-refractivity contribution is 9.10. The van der Waals surface area contributed by atoms with Crippen LogP contribution in [0.4, 0.5) is 8.78 Å². The Bertz CT molecular complexity index is 604. The number of halogens is 3. The van der Waals surface area contributed by atoms with Crippen LogP contribution in [0, 0.1) is 11.6 Å². The van der Waals surface area contributed by atoms with Crippen molar-refractivity contribution in [3.63, 3.8) is 0 Å². The molecule has 0 aliphatic carbocycles. The van der Waals surface area contributed by atoms with Crippen molar-refractivity contribution in [2.24, 2.45) is 5.73 Å². The molecule has 0 aliphatic rings. The first-order valence-corrected chi connectivity index (χ1v) is 6.37. The van der Waals surface area contributed by atoms with Crippen molar-refractivity contribution in [2.45, 2.75) is 6.04 Å². The minimum Gasteiger partial charge on any atom is -0.496 e. The van der Waals surface area contributed by atoms with Gasteiger partial charge in [-0.3, -0.25) is 0 Å². The number of rotatable bonds is 3. The summed E-state index contributed by atoms with van der Waals surface area (Å²) in [7, 11) is 1.55. The third kappa shape index (κ3) is 2.77. The molecule has 0 saturated carbocycles. The number of hydrogen-bond acceptors (Lipinski definition) is 2. The lowest BCUT2D eigenvalue weighted by Gasteiger charge is -2.15. The highest BCUT2D eigenvalue weighted by Gasteiger charge is 2.17. The molecular formula is C14H12BrF2NO. The van der Waals surface area contributed by atoms with Crippen LogP contribution in [0.5, 0.6) is 5.75 Å². The van der Waals surface area contributed by atoms with Gasteiger partial charge in [-0.1, -0.05) is 18.2 Å². The van der Waals surface area contributed by atoms with Gasteiger partial charge < -0.3 is 10.5 Å². The van der Waals surface area contributed by atoms with Crippen LogP contribution in [0.15, 0.2) is 40.9 Å². The SMILES string of the molecule is COc1ccc(C(N)c2cccc(F)c2F)cc1Br. The van der Waals surface area contributed by atoms with Crippen molar-refractivity contribution in [3.8, 4) is 5.75 Å². The molecule has 0 bridgehead atoms. The van der Waals surface area contributed by atoms with Crippen LogP contribution in [0.2, 0.25) is 0 Å². The lowest BCUT2D eigenvalue weighted by Crippen LogP contribution is -2.14. The maximum atomic E-state index is 13.7. The van der Waals surface area contributed by atoms with E-state index < -0.39 is 17.7 Å². The summed E-state index contributed by atoms with van der Waals surface area (Å²) in [5.74, 6) is -1.17. The van der Waals surface area contributed by atoms with E-state index in [2.05, 4.69) is 15.9 Å². The van der Waals surface area contributed by atoms with E-state index in [1.54, 1.807) is 25.3 Å². The Balaban J connectivity index is 2.41. The van der Waals surface area contributed by atoms with E-state index in [9.17, 15) is 8.78 Å². The zero-order chi connectivity index (χ0) is 14.0. The first-order chi connectivity index (χ1) is 9.04. The average molecular weight is 328 g/mol. The van der Waals surface area contributed by atoms with Crippen molar-refractivity contribution >= 4 is 15.9 Å². The van der Waals surface area contributed by atoms with E-state index in [0.29, 0.717) is 15.8 Å². The van der Waals surface area contributed by atoms with Gasteiger partial charge in [-0.2, -0.15) is 0 Å². The smallest absolute Gasteiger partial charge is 0.163 e. The molecule has 2 aromatic rings. The molecule has 0 radical (unpaired) electrons. The van der Waals surface area contributed by atoms with Gasteiger partial charge in [0.1, 0.15) is 5.75 Å². The molecule has 5 heteroatoms. The quantitative estimate of drug-likeness (QED) is 0.931. The Morgan fingerprint density at radius 1 is 1.21 bits per heavy atom. The zero-order valence-corrected chi connectivity index (χ0v) is 11.7. The monoisotopic (exact) mass is 327 g/mol. The van der Waals surface area contributed by atoms with Crippen molar-refractivity contribution < 1.29 is 13.5 Å². The predicted molar refractivity (Wildman–Crippen MR) is 73.1 cm³/mol. The van der Waals surface area contributed by atoms with E-state index in [4.69, 9.17) is 10.5 Å². The normalized spacial score (nSPS) is 12.3. The molecule has 100 valence electrons. The lowest BCUT2D eigenvalue weighted by atomic mass is 9.99. The summed E-state index contributed by atoms with van der Waals surface area (Å²) in [5, 5.41) is 0. The third-order valence-electron chi connectivity index (χ3n) is 2.85. The van der Waals surface area contributed by atoms with Crippen LogP contribution in [0.25, 0.3) is 0 Å². The summed E-state index contributed by atoms with van der Waals surface area (Å²) in [6, 6.07) is 8.41. The molecule has 0 fully saturated rings. The van der Waals surface area contributed by atoms with Gasteiger partial charge in [-0.25, -0.2) is 8.78 Å². The van der Waals surface area contributed by atoms with Crippen molar-refractivity contribution in [3.05, 3.63) is 63.6 Å². The Kier molecular flexibility index (Phi) is 4.17. The van der Waals surface area contributed by atoms with E-state index in [0.717, 1.165) is 6.07 Å². The molecule has 0 saturated heterocycles. The van der Waals surface area contributed by atoms with Crippen molar-refractivity contribution in [2.75, 3.05) is 7.11 Å². The Labute approximate surface area is 118 Å². The molecule has 0 amide bonds. The highest BCUT2D eigenvalue weighted by atomic mass is 79.9. The first kappa shape index (κ1) is 14.0. The lowest BCUT2D eigenvalue weighted by molar-refractivity contribution is 0.412. The molecule has 2 nitrogen and oxygen atoms in total. The second-order valence-corrected chi connectivity index (χ2v) is 4.87. The minimum absolute atomic E-state index is 0.122. The molecule has 1 unspecified atom stereocenters. The fourth-order valence-electron chi connectivity index (χ4n) is 1.82. The van der Waals surface area contributed by atoms with Crippen LogP contribution >= 0.6 is 15.9 Å². The minimum atomic E-state index is -0.915. The fraction of sp³-hybridized carbons (Fsp3) is 0.143. The third-order valence-corrected chi connectivity index (χ3v) is 3.47. The predicted octanol–water partition coefficient (Wildman–Crippen LogP) is 3.78. The van der Waals surface area contributed by atoms with E-state index in [1.807, 2.05) is 0 Å². The number of benzene rings is 2. The highest BCUT2D eigenvalue weighted by Crippen LogP contribution is 2.30. The zero-order valence-electron chi connectivity index (χ0n) is 10.2. The van der Waals surface area contributed by atoms with E-state index in [1.165, 1.54) is 12.1 Å². The van der Waals surface area contributed by atoms with E-state index in [-0.39, 0.29) is 5.56 Å².